The number of aromatic nitrogens is 3. The van der Waals surface area contributed by atoms with E-state index in [0.29, 0.717) is 12.3 Å². The predicted octanol–water partition coefficient (Wildman–Crippen LogP) is 3.08. The molecule has 1 heterocycles. The van der Waals surface area contributed by atoms with Crippen LogP contribution >= 0.6 is 11.8 Å². The van der Waals surface area contributed by atoms with E-state index >= 15 is 0 Å². The van der Waals surface area contributed by atoms with Crippen LogP contribution in [0.4, 0.5) is 0 Å². The minimum atomic E-state index is 0.0793. The molecule has 0 aliphatic carbocycles. The summed E-state index contributed by atoms with van der Waals surface area (Å²) in [6.07, 6.45) is 3.83. The molecule has 0 saturated heterocycles. The average Bonchev–Trinajstić information content (AvgIpc) is 2.85. The third-order valence-corrected chi connectivity index (χ3v) is 3.71. The van der Waals surface area contributed by atoms with E-state index in [2.05, 4.69) is 23.9 Å². The Morgan fingerprint density at radius 3 is 2.60 bits per heavy atom. The first-order valence-electron chi connectivity index (χ1n) is 6.64. The lowest BCUT2D eigenvalue weighted by atomic mass is 10.1. The molecule has 0 unspecified atom stereocenters. The number of carbonyl (C=O) groups is 1. The molecule has 4 nitrogen and oxygen atoms in total. The molecule has 0 amide bonds. The minimum absolute atomic E-state index is 0.0793. The zero-order valence-electron chi connectivity index (χ0n) is 12.0. The van der Waals surface area contributed by atoms with Crippen LogP contribution in [0.25, 0.3) is 0 Å². The van der Waals surface area contributed by atoms with Crippen LogP contribution in [0.15, 0.2) is 35.5 Å². The van der Waals surface area contributed by atoms with Crippen LogP contribution < -0.4 is 0 Å². The molecule has 0 radical (unpaired) electrons. The Bertz CT molecular complexity index is 575. The summed E-state index contributed by atoms with van der Waals surface area (Å²) in [6.45, 7) is 5.02. The molecule has 106 valence electrons. The molecule has 2 aromatic rings. The van der Waals surface area contributed by atoms with Gasteiger partial charge in [0.05, 0.1) is 6.42 Å². The number of hydrogen-bond donors (Lipinski definition) is 0. The van der Waals surface area contributed by atoms with Crippen LogP contribution in [-0.2, 0) is 13.0 Å². The normalized spacial score (nSPS) is 11.0. The van der Waals surface area contributed by atoms with E-state index < -0.39 is 0 Å². The molecule has 0 N–H and O–H groups in total. The Kier molecular flexibility index (Phi) is 4.95. The van der Waals surface area contributed by atoms with E-state index in [9.17, 15) is 4.79 Å². The molecule has 0 spiro atoms. The molecular formula is C15H19N3OS. The SMILES string of the molecule is CSc1ccc(C(=O)Cc2ncnn2CC(C)C)cc1. The van der Waals surface area contributed by atoms with Gasteiger partial charge in [0.1, 0.15) is 12.2 Å². The van der Waals surface area contributed by atoms with Crippen molar-refractivity contribution < 1.29 is 4.79 Å². The van der Waals surface area contributed by atoms with Gasteiger partial charge in [0, 0.05) is 17.0 Å². The fourth-order valence-electron chi connectivity index (χ4n) is 1.95. The lowest BCUT2D eigenvalue weighted by molar-refractivity contribution is 0.0989. The molecule has 0 aliphatic heterocycles. The number of ketones is 1. The van der Waals surface area contributed by atoms with Crippen molar-refractivity contribution in [3.05, 3.63) is 42.0 Å². The summed E-state index contributed by atoms with van der Waals surface area (Å²) in [5.74, 6) is 1.29. The molecule has 2 rings (SSSR count). The molecule has 0 saturated carbocycles. The molecule has 0 fully saturated rings. The number of benzene rings is 1. The van der Waals surface area contributed by atoms with Gasteiger partial charge in [-0.15, -0.1) is 11.8 Å². The van der Waals surface area contributed by atoms with Crippen molar-refractivity contribution in [3.8, 4) is 0 Å². The van der Waals surface area contributed by atoms with Gasteiger partial charge in [-0.3, -0.25) is 4.79 Å². The summed E-state index contributed by atoms with van der Waals surface area (Å²) < 4.78 is 1.82. The van der Waals surface area contributed by atoms with Crippen LogP contribution in [0, 0.1) is 5.92 Å². The second kappa shape index (κ2) is 6.70. The number of hydrogen-bond acceptors (Lipinski definition) is 4. The fraction of sp³-hybridized carbons (Fsp3) is 0.400. The van der Waals surface area contributed by atoms with Crippen molar-refractivity contribution in [2.75, 3.05) is 6.26 Å². The number of thioether (sulfide) groups is 1. The second-order valence-electron chi connectivity index (χ2n) is 5.08. The topological polar surface area (TPSA) is 47.8 Å². The standard InChI is InChI=1S/C15H19N3OS/c1-11(2)9-18-15(16-10-17-18)8-14(19)12-4-6-13(20-3)7-5-12/h4-7,10-11H,8-9H2,1-3H3. The van der Waals surface area contributed by atoms with E-state index in [0.717, 1.165) is 22.8 Å². The largest absolute Gasteiger partial charge is 0.294 e. The number of rotatable bonds is 6. The van der Waals surface area contributed by atoms with Crippen molar-refractivity contribution >= 4 is 17.5 Å². The molecule has 0 bridgehead atoms. The maximum absolute atomic E-state index is 12.3. The Labute approximate surface area is 123 Å². The predicted molar refractivity (Wildman–Crippen MR) is 81.1 cm³/mol. The summed E-state index contributed by atoms with van der Waals surface area (Å²) in [4.78, 5) is 17.6. The van der Waals surface area contributed by atoms with E-state index in [1.54, 1.807) is 11.8 Å². The molecular weight excluding hydrogens is 270 g/mol. The summed E-state index contributed by atoms with van der Waals surface area (Å²) in [5.41, 5.74) is 0.724. The van der Waals surface area contributed by atoms with Crippen molar-refractivity contribution in [2.24, 2.45) is 5.92 Å². The lowest BCUT2D eigenvalue weighted by Gasteiger charge is -2.08. The van der Waals surface area contributed by atoms with Crippen LogP contribution in [-0.4, -0.2) is 26.8 Å². The van der Waals surface area contributed by atoms with Gasteiger partial charge in [-0.05, 0) is 24.3 Å². The maximum atomic E-state index is 12.3. The lowest BCUT2D eigenvalue weighted by Crippen LogP contribution is -2.14. The van der Waals surface area contributed by atoms with E-state index in [1.165, 1.54) is 6.33 Å². The van der Waals surface area contributed by atoms with Gasteiger partial charge in [0.2, 0.25) is 0 Å². The zero-order valence-corrected chi connectivity index (χ0v) is 12.9. The first-order valence-corrected chi connectivity index (χ1v) is 7.86. The number of carbonyl (C=O) groups excluding carboxylic acids is 1. The van der Waals surface area contributed by atoms with Crippen LogP contribution in [0.2, 0.25) is 0 Å². The highest BCUT2D eigenvalue weighted by molar-refractivity contribution is 7.98. The van der Waals surface area contributed by atoms with Gasteiger partial charge in [-0.25, -0.2) is 9.67 Å². The molecule has 5 heteroatoms. The molecule has 0 atom stereocenters. The molecule has 1 aromatic heterocycles. The van der Waals surface area contributed by atoms with Gasteiger partial charge < -0.3 is 0 Å². The van der Waals surface area contributed by atoms with Gasteiger partial charge >= 0.3 is 0 Å². The van der Waals surface area contributed by atoms with Gasteiger partial charge in [0.25, 0.3) is 0 Å². The Morgan fingerprint density at radius 1 is 1.30 bits per heavy atom. The van der Waals surface area contributed by atoms with Crippen molar-refractivity contribution in [2.45, 2.75) is 31.7 Å². The van der Waals surface area contributed by atoms with Gasteiger partial charge in [0.15, 0.2) is 5.78 Å². The highest BCUT2D eigenvalue weighted by Gasteiger charge is 2.13. The highest BCUT2D eigenvalue weighted by Crippen LogP contribution is 2.16. The summed E-state index contributed by atoms with van der Waals surface area (Å²) in [7, 11) is 0. The fourth-order valence-corrected chi connectivity index (χ4v) is 2.35. The third kappa shape index (κ3) is 3.70. The van der Waals surface area contributed by atoms with E-state index in [-0.39, 0.29) is 5.78 Å². The summed E-state index contributed by atoms with van der Waals surface area (Å²) >= 11 is 1.67. The molecule has 20 heavy (non-hydrogen) atoms. The summed E-state index contributed by atoms with van der Waals surface area (Å²) in [6, 6.07) is 7.68. The number of nitrogens with zero attached hydrogens (tertiary/aromatic N) is 3. The van der Waals surface area contributed by atoms with Crippen molar-refractivity contribution in [1.29, 1.82) is 0 Å². The van der Waals surface area contributed by atoms with Crippen LogP contribution in [0.1, 0.15) is 30.0 Å². The zero-order chi connectivity index (χ0) is 14.5. The Hall–Kier alpha value is -1.62. The first-order chi connectivity index (χ1) is 9.60. The van der Waals surface area contributed by atoms with Gasteiger partial charge in [-0.1, -0.05) is 26.0 Å². The van der Waals surface area contributed by atoms with Gasteiger partial charge in [-0.2, -0.15) is 5.10 Å². The smallest absolute Gasteiger partial charge is 0.170 e. The monoisotopic (exact) mass is 289 g/mol. The number of Topliss-reactive ketones (excluding diaryl/α,β-unsaturated/α-hetero) is 1. The summed E-state index contributed by atoms with van der Waals surface area (Å²) in [5, 5.41) is 4.18. The Balaban J connectivity index is 2.09. The van der Waals surface area contributed by atoms with Crippen molar-refractivity contribution in [1.82, 2.24) is 14.8 Å². The maximum Gasteiger partial charge on any atom is 0.170 e. The quantitative estimate of drug-likeness (QED) is 0.605. The highest BCUT2D eigenvalue weighted by atomic mass is 32.2. The van der Waals surface area contributed by atoms with E-state index in [4.69, 9.17) is 0 Å². The average molecular weight is 289 g/mol. The van der Waals surface area contributed by atoms with Crippen LogP contribution in [0.3, 0.4) is 0 Å². The first kappa shape index (κ1) is 14.8. The Morgan fingerprint density at radius 2 is 2.00 bits per heavy atom. The molecule has 0 aliphatic rings. The third-order valence-electron chi connectivity index (χ3n) is 2.96. The van der Waals surface area contributed by atoms with E-state index in [1.807, 2.05) is 35.2 Å². The second-order valence-corrected chi connectivity index (χ2v) is 5.96. The minimum Gasteiger partial charge on any atom is -0.294 e. The molecule has 1 aromatic carbocycles. The van der Waals surface area contributed by atoms with Crippen LogP contribution in [0.5, 0.6) is 0 Å². The van der Waals surface area contributed by atoms with Crippen molar-refractivity contribution in [3.63, 3.8) is 0 Å².